The SMILES string of the molecule is Cc1cc(N)cc(Oc2cccnc2)c1. The summed E-state index contributed by atoms with van der Waals surface area (Å²) in [6.07, 6.45) is 3.37. The molecule has 76 valence electrons. The highest BCUT2D eigenvalue weighted by molar-refractivity contribution is 5.48. The third-order valence-corrected chi connectivity index (χ3v) is 1.94. The lowest BCUT2D eigenvalue weighted by Gasteiger charge is -2.06. The van der Waals surface area contributed by atoms with E-state index in [-0.39, 0.29) is 0 Å². The number of anilines is 1. The van der Waals surface area contributed by atoms with Crippen LogP contribution in [0.2, 0.25) is 0 Å². The zero-order chi connectivity index (χ0) is 10.7. The second-order valence-electron chi connectivity index (χ2n) is 3.37. The normalized spacial score (nSPS) is 9.93. The Bertz CT molecular complexity index is 434. The van der Waals surface area contributed by atoms with Gasteiger partial charge in [0.1, 0.15) is 11.5 Å². The third kappa shape index (κ3) is 2.47. The van der Waals surface area contributed by atoms with Crippen LogP contribution in [0.4, 0.5) is 5.69 Å². The van der Waals surface area contributed by atoms with Crippen molar-refractivity contribution in [2.45, 2.75) is 6.92 Å². The van der Waals surface area contributed by atoms with Crippen molar-refractivity contribution in [3.63, 3.8) is 0 Å². The van der Waals surface area contributed by atoms with Crippen molar-refractivity contribution in [1.82, 2.24) is 4.98 Å². The fraction of sp³-hybridized carbons (Fsp3) is 0.0833. The smallest absolute Gasteiger partial charge is 0.145 e. The third-order valence-electron chi connectivity index (χ3n) is 1.94. The average Bonchev–Trinajstić information content (AvgIpc) is 2.17. The van der Waals surface area contributed by atoms with E-state index in [1.54, 1.807) is 18.5 Å². The van der Waals surface area contributed by atoms with E-state index in [2.05, 4.69) is 4.98 Å². The molecule has 0 spiro atoms. The van der Waals surface area contributed by atoms with Crippen molar-refractivity contribution in [3.05, 3.63) is 48.3 Å². The summed E-state index contributed by atoms with van der Waals surface area (Å²) < 4.78 is 5.60. The molecule has 0 bridgehead atoms. The standard InChI is InChI=1S/C12H12N2O/c1-9-5-10(13)7-12(6-9)15-11-3-2-4-14-8-11/h2-8H,13H2,1H3. The lowest BCUT2D eigenvalue weighted by Crippen LogP contribution is -1.89. The maximum absolute atomic E-state index is 5.72. The molecule has 0 saturated carbocycles. The van der Waals surface area contributed by atoms with E-state index in [0.29, 0.717) is 11.4 Å². The Morgan fingerprint density at radius 2 is 2.07 bits per heavy atom. The number of benzene rings is 1. The van der Waals surface area contributed by atoms with Gasteiger partial charge in [0.05, 0.1) is 6.20 Å². The van der Waals surface area contributed by atoms with Gasteiger partial charge in [-0.2, -0.15) is 0 Å². The molecule has 15 heavy (non-hydrogen) atoms. The van der Waals surface area contributed by atoms with E-state index in [1.165, 1.54) is 0 Å². The van der Waals surface area contributed by atoms with Gasteiger partial charge < -0.3 is 10.5 Å². The molecule has 2 rings (SSSR count). The van der Waals surface area contributed by atoms with Crippen LogP contribution in [0.25, 0.3) is 0 Å². The molecule has 0 saturated heterocycles. The zero-order valence-electron chi connectivity index (χ0n) is 8.47. The molecule has 0 fully saturated rings. The second kappa shape index (κ2) is 4.00. The quantitative estimate of drug-likeness (QED) is 0.758. The minimum Gasteiger partial charge on any atom is -0.456 e. The van der Waals surface area contributed by atoms with Crippen LogP contribution in [0.5, 0.6) is 11.5 Å². The average molecular weight is 200 g/mol. The largest absolute Gasteiger partial charge is 0.456 e. The Labute approximate surface area is 88.5 Å². The van der Waals surface area contributed by atoms with Gasteiger partial charge in [0.25, 0.3) is 0 Å². The molecule has 0 unspecified atom stereocenters. The molecule has 1 heterocycles. The Balaban J connectivity index is 2.25. The number of pyridine rings is 1. The van der Waals surface area contributed by atoms with Gasteiger partial charge in [-0.15, -0.1) is 0 Å². The molecular formula is C12H12N2O. The summed E-state index contributed by atoms with van der Waals surface area (Å²) in [6, 6.07) is 9.31. The minimum absolute atomic E-state index is 0.703. The topological polar surface area (TPSA) is 48.1 Å². The Hall–Kier alpha value is -2.03. The molecule has 2 N–H and O–H groups in total. The number of aryl methyl sites for hydroxylation is 1. The predicted octanol–water partition coefficient (Wildman–Crippen LogP) is 2.76. The number of nitrogens with two attached hydrogens (primary N) is 1. The molecule has 2 aromatic rings. The number of nitrogen functional groups attached to an aromatic ring is 1. The first kappa shape index (κ1) is 9.52. The van der Waals surface area contributed by atoms with Crippen LogP contribution in [0.1, 0.15) is 5.56 Å². The summed E-state index contributed by atoms with van der Waals surface area (Å²) in [5.74, 6) is 1.45. The molecule has 1 aromatic carbocycles. The molecule has 0 aliphatic heterocycles. The van der Waals surface area contributed by atoms with Gasteiger partial charge in [-0.05, 0) is 36.8 Å². The summed E-state index contributed by atoms with van der Waals surface area (Å²) in [7, 11) is 0. The number of ether oxygens (including phenoxy) is 1. The van der Waals surface area contributed by atoms with Crippen LogP contribution >= 0.6 is 0 Å². The van der Waals surface area contributed by atoms with E-state index < -0.39 is 0 Å². The Kier molecular flexibility index (Phi) is 2.54. The molecule has 0 aliphatic rings. The number of hydrogen-bond donors (Lipinski definition) is 1. The molecule has 0 aliphatic carbocycles. The van der Waals surface area contributed by atoms with Gasteiger partial charge in [0.2, 0.25) is 0 Å². The maximum atomic E-state index is 5.72. The summed E-state index contributed by atoms with van der Waals surface area (Å²) in [5, 5.41) is 0. The molecule has 0 amide bonds. The van der Waals surface area contributed by atoms with E-state index in [4.69, 9.17) is 10.5 Å². The van der Waals surface area contributed by atoms with Crippen molar-refractivity contribution >= 4 is 5.69 Å². The van der Waals surface area contributed by atoms with Gasteiger partial charge in [-0.3, -0.25) is 4.98 Å². The molecule has 3 heteroatoms. The molecule has 0 radical (unpaired) electrons. The monoisotopic (exact) mass is 200 g/mol. The number of aromatic nitrogens is 1. The molecular weight excluding hydrogens is 188 g/mol. The van der Waals surface area contributed by atoms with Crippen LogP contribution in [0.15, 0.2) is 42.7 Å². The fourth-order valence-electron chi connectivity index (χ4n) is 1.38. The Morgan fingerprint density at radius 3 is 2.73 bits per heavy atom. The molecule has 3 nitrogen and oxygen atoms in total. The maximum Gasteiger partial charge on any atom is 0.145 e. The molecule has 1 aromatic heterocycles. The van der Waals surface area contributed by atoms with Crippen molar-refractivity contribution < 1.29 is 4.74 Å². The number of nitrogens with zero attached hydrogens (tertiary/aromatic N) is 1. The van der Waals surface area contributed by atoms with Gasteiger partial charge in [0.15, 0.2) is 0 Å². The lowest BCUT2D eigenvalue weighted by atomic mass is 10.2. The highest BCUT2D eigenvalue weighted by atomic mass is 16.5. The zero-order valence-corrected chi connectivity index (χ0v) is 8.47. The summed E-state index contributed by atoms with van der Waals surface area (Å²) in [4.78, 5) is 3.97. The van der Waals surface area contributed by atoms with Crippen LogP contribution in [-0.4, -0.2) is 4.98 Å². The highest BCUT2D eigenvalue weighted by Gasteiger charge is 1.98. The van der Waals surface area contributed by atoms with E-state index in [0.717, 1.165) is 11.3 Å². The van der Waals surface area contributed by atoms with Crippen LogP contribution in [0, 0.1) is 6.92 Å². The van der Waals surface area contributed by atoms with Crippen LogP contribution in [0.3, 0.4) is 0 Å². The fourth-order valence-corrected chi connectivity index (χ4v) is 1.38. The number of hydrogen-bond acceptors (Lipinski definition) is 3. The van der Waals surface area contributed by atoms with Crippen molar-refractivity contribution in [1.29, 1.82) is 0 Å². The second-order valence-corrected chi connectivity index (χ2v) is 3.37. The molecule has 0 atom stereocenters. The van der Waals surface area contributed by atoms with E-state index in [9.17, 15) is 0 Å². The van der Waals surface area contributed by atoms with Crippen molar-refractivity contribution in [3.8, 4) is 11.5 Å². The first-order valence-electron chi connectivity index (χ1n) is 4.69. The van der Waals surface area contributed by atoms with E-state index in [1.807, 2.05) is 31.2 Å². The van der Waals surface area contributed by atoms with Gasteiger partial charge in [0, 0.05) is 18.0 Å². The predicted molar refractivity (Wildman–Crippen MR) is 59.9 cm³/mol. The summed E-state index contributed by atoms with van der Waals surface area (Å²) >= 11 is 0. The van der Waals surface area contributed by atoms with E-state index >= 15 is 0 Å². The van der Waals surface area contributed by atoms with Crippen molar-refractivity contribution in [2.75, 3.05) is 5.73 Å². The lowest BCUT2D eigenvalue weighted by molar-refractivity contribution is 0.480. The minimum atomic E-state index is 0.703. The Morgan fingerprint density at radius 1 is 1.20 bits per heavy atom. The summed E-state index contributed by atoms with van der Waals surface area (Å²) in [5.41, 5.74) is 7.50. The van der Waals surface area contributed by atoms with Gasteiger partial charge >= 0.3 is 0 Å². The van der Waals surface area contributed by atoms with Crippen LogP contribution in [-0.2, 0) is 0 Å². The summed E-state index contributed by atoms with van der Waals surface area (Å²) in [6.45, 7) is 1.98. The van der Waals surface area contributed by atoms with Crippen molar-refractivity contribution in [2.24, 2.45) is 0 Å². The highest BCUT2D eigenvalue weighted by Crippen LogP contribution is 2.23. The van der Waals surface area contributed by atoms with Gasteiger partial charge in [-0.1, -0.05) is 0 Å². The first-order valence-corrected chi connectivity index (χ1v) is 4.69. The number of rotatable bonds is 2. The van der Waals surface area contributed by atoms with Gasteiger partial charge in [-0.25, -0.2) is 0 Å². The van der Waals surface area contributed by atoms with Crippen LogP contribution < -0.4 is 10.5 Å². The first-order chi connectivity index (χ1) is 7.24.